The van der Waals surface area contributed by atoms with Crippen LogP contribution in [0.15, 0.2) is 12.5 Å². The molecule has 0 radical (unpaired) electrons. The summed E-state index contributed by atoms with van der Waals surface area (Å²) in [7, 11) is 0. The van der Waals surface area contributed by atoms with Gasteiger partial charge in [0, 0.05) is 19.3 Å². The summed E-state index contributed by atoms with van der Waals surface area (Å²) in [5, 5.41) is 3.36. The fourth-order valence-electron chi connectivity index (χ4n) is 1.56. The van der Waals surface area contributed by atoms with E-state index in [0.717, 1.165) is 25.3 Å². The molecule has 1 rings (SSSR count). The van der Waals surface area contributed by atoms with Gasteiger partial charge >= 0.3 is 0 Å². The Morgan fingerprint density at radius 1 is 1.27 bits per heavy atom. The van der Waals surface area contributed by atoms with E-state index in [9.17, 15) is 0 Å². The average Bonchev–Trinajstić information content (AvgIpc) is 2.67. The minimum atomic E-state index is 0.897. The Morgan fingerprint density at radius 3 is 2.87 bits per heavy atom. The fraction of sp³-hybridized carbons (Fsp3) is 0.750. The lowest BCUT2D eigenvalue weighted by Gasteiger charge is -2.00. The number of hydrogen-bond donors (Lipinski definition) is 1. The van der Waals surface area contributed by atoms with Gasteiger partial charge in [-0.25, -0.2) is 4.98 Å². The number of unbranched alkanes of at least 4 members (excludes halogenated alkanes) is 2. The third kappa shape index (κ3) is 4.98. The van der Waals surface area contributed by atoms with Gasteiger partial charge in [-0.05, 0) is 19.4 Å². The van der Waals surface area contributed by atoms with Crippen LogP contribution in [-0.4, -0.2) is 16.1 Å². The van der Waals surface area contributed by atoms with Crippen molar-refractivity contribution >= 4 is 0 Å². The van der Waals surface area contributed by atoms with Crippen LogP contribution < -0.4 is 5.32 Å². The first-order valence-corrected chi connectivity index (χ1v) is 6.08. The largest absolute Gasteiger partial charge is 0.337 e. The second kappa shape index (κ2) is 7.46. The van der Waals surface area contributed by atoms with Gasteiger partial charge < -0.3 is 9.88 Å². The number of nitrogens with zero attached hydrogens (tertiary/aromatic N) is 2. The first-order valence-electron chi connectivity index (χ1n) is 6.08. The normalized spacial score (nSPS) is 10.8. The number of aromatic nitrogens is 2. The molecule has 0 atom stereocenters. The van der Waals surface area contributed by atoms with Crippen molar-refractivity contribution in [2.24, 2.45) is 0 Å². The monoisotopic (exact) mass is 209 g/mol. The molecule has 0 amide bonds. The second-order valence-corrected chi connectivity index (χ2v) is 3.99. The number of imidazole rings is 1. The van der Waals surface area contributed by atoms with Gasteiger partial charge in [0.15, 0.2) is 0 Å². The van der Waals surface area contributed by atoms with Crippen LogP contribution >= 0.6 is 0 Å². The summed E-state index contributed by atoms with van der Waals surface area (Å²) in [5.41, 5.74) is 1.15. The molecule has 0 saturated heterocycles. The van der Waals surface area contributed by atoms with Crippen molar-refractivity contribution in [1.82, 2.24) is 14.9 Å². The summed E-state index contributed by atoms with van der Waals surface area (Å²) in [4.78, 5) is 4.37. The number of rotatable bonds is 8. The van der Waals surface area contributed by atoms with E-state index in [1.807, 2.05) is 6.33 Å². The zero-order chi connectivity index (χ0) is 10.9. The molecule has 1 aromatic heterocycles. The molecule has 0 fully saturated rings. The highest BCUT2D eigenvalue weighted by Gasteiger charge is 1.97. The summed E-state index contributed by atoms with van der Waals surface area (Å²) < 4.78 is 2.19. The van der Waals surface area contributed by atoms with Crippen LogP contribution in [0, 0.1) is 0 Å². The summed E-state index contributed by atoms with van der Waals surface area (Å²) in [6, 6.07) is 0. The Morgan fingerprint density at radius 2 is 2.13 bits per heavy atom. The molecule has 0 aliphatic heterocycles. The molecule has 0 aliphatic rings. The molecule has 3 nitrogen and oxygen atoms in total. The second-order valence-electron chi connectivity index (χ2n) is 3.99. The highest BCUT2D eigenvalue weighted by atomic mass is 15.0. The van der Waals surface area contributed by atoms with Gasteiger partial charge in [0.05, 0.1) is 12.0 Å². The third-order valence-corrected chi connectivity index (χ3v) is 2.44. The van der Waals surface area contributed by atoms with Crippen LogP contribution in [0.3, 0.4) is 0 Å². The molecular weight excluding hydrogens is 186 g/mol. The molecule has 86 valence electrons. The maximum atomic E-state index is 4.37. The average molecular weight is 209 g/mol. The first kappa shape index (κ1) is 12.2. The molecule has 15 heavy (non-hydrogen) atoms. The zero-order valence-electron chi connectivity index (χ0n) is 10.00. The highest BCUT2D eigenvalue weighted by molar-refractivity contribution is 4.95. The van der Waals surface area contributed by atoms with Crippen LogP contribution in [0.4, 0.5) is 0 Å². The molecule has 1 aromatic rings. The van der Waals surface area contributed by atoms with Crippen molar-refractivity contribution in [1.29, 1.82) is 0 Å². The van der Waals surface area contributed by atoms with Gasteiger partial charge in [-0.3, -0.25) is 0 Å². The maximum Gasteiger partial charge on any atom is 0.0949 e. The summed E-state index contributed by atoms with van der Waals surface area (Å²) in [6.07, 6.45) is 9.12. The van der Waals surface area contributed by atoms with Gasteiger partial charge in [-0.2, -0.15) is 0 Å². The quantitative estimate of drug-likeness (QED) is 0.667. The SMILES string of the molecule is CCCCCn1cnc(CNCCC)c1. The zero-order valence-corrected chi connectivity index (χ0v) is 10.00. The van der Waals surface area contributed by atoms with E-state index < -0.39 is 0 Å². The van der Waals surface area contributed by atoms with Gasteiger partial charge in [-0.1, -0.05) is 26.7 Å². The smallest absolute Gasteiger partial charge is 0.0949 e. The molecule has 0 saturated carbocycles. The van der Waals surface area contributed by atoms with Crippen molar-refractivity contribution in [3.05, 3.63) is 18.2 Å². The van der Waals surface area contributed by atoms with Crippen molar-refractivity contribution in [3.8, 4) is 0 Å². The van der Waals surface area contributed by atoms with Crippen molar-refractivity contribution in [2.45, 2.75) is 52.6 Å². The number of aryl methyl sites for hydroxylation is 1. The van der Waals surface area contributed by atoms with E-state index in [1.54, 1.807) is 0 Å². The molecule has 1 N–H and O–H groups in total. The maximum absolute atomic E-state index is 4.37. The van der Waals surface area contributed by atoms with E-state index in [1.165, 1.54) is 25.7 Å². The van der Waals surface area contributed by atoms with E-state index in [-0.39, 0.29) is 0 Å². The lowest BCUT2D eigenvalue weighted by atomic mass is 10.2. The summed E-state index contributed by atoms with van der Waals surface area (Å²) in [5.74, 6) is 0. The third-order valence-electron chi connectivity index (χ3n) is 2.44. The van der Waals surface area contributed by atoms with E-state index >= 15 is 0 Å². The lowest BCUT2D eigenvalue weighted by Crippen LogP contribution is -2.13. The van der Waals surface area contributed by atoms with Crippen molar-refractivity contribution < 1.29 is 0 Å². The number of nitrogens with one attached hydrogen (secondary N) is 1. The Bertz CT molecular complexity index is 231. The number of hydrogen-bond acceptors (Lipinski definition) is 2. The predicted molar refractivity (Wildman–Crippen MR) is 63.7 cm³/mol. The molecule has 0 spiro atoms. The predicted octanol–water partition coefficient (Wildman–Crippen LogP) is 2.57. The van der Waals surface area contributed by atoms with Crippen molar-refractivity contribution in [2.75, 3.05) is 6.54 Å². The summed E-state index contributed by atoms with van der Waals surface area (Å²) in [6.45, 7) is 7.48. The van der Waals surface area contributed by atoms with Gasteiger partial charge in [0.1, 0.15) is 0 Å². The van der Waals surface area contributed by atoms with Crippen LogP contribution in [0.5, 0.6) is 0 Å². The molecule has 0 aliphatic carbocycles. The molecule has 3 heteroatoms. The standard InChI is InChI=1S/C12H23N3/c1-3-5-6-8-15-10-12(14-11-15)9-13-7-4-2/h10-11,13H,3-9H2,1-2H3. The van der Waals surface area contributed by atoms with Crippen LogP contribution in [0.25, 0.3) is 0 Å². The Hall–Kier alpha value is -0.830. The minimum Gasteiger partial charge on any atom is -0.337 e. The van der Waals surface area contributed by atoms with Crippen LogP contribution in [0.2, 0.25) is 0 Å². The first-order chi connectivity index (χ1) is 7.36. The Labute approximate surface area is 92.9 Å². The Balaban J connectivity index is 2.23. The topological polar surface area (TPSA) is 29.9 Å². The molecule has 0 bridgehead atoms. The van der Waals surface area contributed by atoms with E-state index in [2.05, 4.69) is 34.9 Å². The van der Waals surface area contributed by atoms with Gasteiger partial charge in [0.25, 0.3) is 0 Å². The van der Waals surface area contributed by atoms with E-state index in [4.69, 9.17) is 0 Å². The van der Waals surface area contributed by atoms with Gasteiger partial charge in [-0.15, -0.1) is 0 Å². The van der Waals surface area contributed by atoms with Crippen LogP contribution in [0.1, 0.15) is 45.2 Å². The fourth-order valence-corrected chi connectivity index (χ4v) is 1.56. The van der Waals surface area contributed by atoms with Crippen LogP contribution in [-0.2, 0) is 13.1 Å². The van der Waals surface area contributed by atoms with E-state index in [0.29, 0.717) is 0 Å². The highest BCUT2D eigenvalue weighted by Crippen LogP contribution is 2.01. The summed E-state index contributed by atoms with van der Waals surface area (Å²) >= 11 is 0. The molecule has 1 heterocycles. The molecular formula is C12H23N3. The molecule has 0 unspecified atom stereocenters. The Kier molecular flexibility index (Phi) is 6.09. The minimum absolute atomic E-state index is 0.897. The molecule has 0 aromatic carbocycles. The van der Waals surface area contributed by atoms with Crippen molar-refractivity contribution in [3.63, 3.8) is 0 Å². The van der Waals surface area contributed by atoms with Gasteiger partial charge in [0.2, 0.25) is 0 Å². The lowest BCUT2D eigenvalue weighted by molar-refractivity contribution is 0.600.